The van der Waals surface area contributed by atoms with Gasteiger partial charge in [0, 0.05) is 0 Å². The summed E-state index contributed by atoms with van der Waals surface area (Å²) in [5, 5.41) is 1.37. The zero-order valence-electron chi connectivity index (χ0n) is 15.2. The maximum atomic E-state index is 11.8. The zero-order valence-corrected chi connectivity index (χ0v) is 16.2. The van der Waals surface area contributed by atoms with Gasteiger partial charge in [-0.25, -0.2) is 0 Å². The van der Waals surface area contributed by atoms with Gasteiger partial charge in [-0.15, -0.1) is 0 Å². The number of hydrogen-bond donors (Lipinski definition) is 0. The summed E-state index contributed by atoms with van der Waals surface area (Å²) in [7, 11) is -1.63. The molecular weight excluding hydrogens is 322 g/mol. The van der Waals surface area contributed by atoms with Crippen LogP contribution in [0.1, 0.15) is 13.8 Å². The van der Waals surface area contributed by atoms with Crippen LogP contribution in [0.5, 0.6) is 0 Å². The first kappa shape index (κ1) is 20.4. The summed E-state index contributed by atoms with van der Waals surface area (Å²) in [4.78, 5) is 25.4. The fraction of sp³-hybridized carbons (Fsp3) is 0.556. The molecule has 0 heterocycles. The predicted molar refractivity (Wildman–Crippen MR) is 98.1 cm³/mol. The van der Waals surface area contributed by atoms with Gasteiger partial charge in [0.05, 0.1) is 34.4 Å². The normalized spacial score (nSPS) is 11.4. The molecule has 1 rings (SSSR count). The van der Waals surface area contributed by atoms with E-state index in [1.807, 2.05) is 11.0 Å². The van der Waals surface area contributed by atoms with Crippen molar-refractivity contribution in [2.75, 3.05) is 32.8 Å². The van der Waals surface area contributed by atoms with Crippen LogP contribution < -0.4 is 5.19 Å². The monoisotopic (exact) mass is 351 g/mol. The second-order valence-corrected chi connectivity index (χ2v) is 11.2. The van der Waals surface area contributed by atoms with Crippen molar-refractivity contribution in [2.24, 2.45) is 0 Å². The fourth-order valence-corrected chi connectivity index (χ4v) is 4.72. The fourth-order valence-electron chi connectivity index (χ4n) is 2.46. The average Bonchev–Trinajstić information content (AvgIpc) is 2.54. The van der Waals surface area contributed by atoms with Gasteiger partial charge < -0.3 is 9.47 Å². The summed E-state index contributed by atoms with van der Waals surface area (Å²) in [6.45, 7) is 9.75. The highest BCUT2D eigenvalue weighted by molar-refractivity contribution is 6.89. The highest BCUT2D eigenvalue weighted by Crippen LogP contribution is 2.11. The number of hydrogen-bond acceptors (Lipinski definition) is 5. The minimum atomic E-state index is -1.63. The van der Waals surface area contributed by atoms with Gasteiger partial charge in [0.1, 0.15) is 0 Å². The number of rotatable bonds is 10. The Balaban J connectivity index is 2.69. The molecule has 134 valence electrons. The summed E-state index contributed by atoms with van der Waals surface area (Å²) < 4.78 is 10.0. The van der Waals surface area contributed by atoms with Crippen LogP contribution in [0.25, 0.3) is 0 Å². The van der Waals surface area contributed by atoms with Crippen molar-refractivity contribution in [1.82, 2.24) is 4.90 Å². The van der Waals surface area contributed by atoms with Gasteiger partial charge in [0.2, 0.25) is 0 Å². The number of esters is 2. The van der Waals surface area contributed by atoms with Gasteiger partial charge in [-0.2, -0.15) is 0 Å². The van der Waals surface area contributed by atoms with E-state index in [2.05, 4.69) is 37.4 Å². The van der Waals surface area contributed by atoms with E-state index in [4.69, 9.17) is 9.47 Å². The van der Waals surface area contributed by atoms with Gasteiger partial charge in [-0.1, -0.05) is 48.6 Å². The Morgan fingerprint density at radius 1 is 0.958 bits per heavy atom. The Bertz CT molecular complexity index is 499. The molecule has 1 aromatic rings. The van der Waals surface area contributed by atoms with Gasteiger partial charge in [0.25, 0.3) is 0 Å². The highest BCUT2D eigenvalue weighted by Gasteiger charge is 2.25. The Labute approximate surface area is 146 Å². The first-order valence-corrected chi connectivity index (χ1v) is 11.7. The SMILES string of the molecule is CCOC(=O)CN(CC[Si](C)(C)c1ccccc1)CC(=O)OCC. The lowest BCUT2D eigenvalue weighted by Crippen LogP contribution is -2.45. The van der Waals surface area contributed by atoms with Crippen LogP contribution in [0.3, 0.4) is 0 Å². The standard InChI is InChI=1S/C18H29NO4Si/c1-5-22-17(20)14-19(15-18(21)23-6-2)12-13-24(3,4)16-10-8-7-9-11-16/h7-11H,5-6,12-15H2,1-4H3. The minimum absolute atomic E-state index is 0.117. The smallest absolute Gasteiger partial charge is 0.320 e. The van der Waals surface area contributed by atoms with E-state index in [-0.39, 0.29) is 25.0 Å². The summed E-state index contributed by atoms with van der Waals surface area (Å²) in [5.41, 5.74) is 0. The average molecular weight is 352 g/mol. The van der Waals surface area contributed by atoms with Crippen LogP contribution >= 0.6 is 0 Å². The van der Waals surface area contributed by atoms with E-state index >= 15 is 0 Å². The van der Waals surface area contributed by atoms with Crippen LogP contribution in [0.4, 0.5) is 0 Å². The van der Waals surface area contributed by atoms with Gasteiger partial charge in [-0.05, 0) is 26.4 Å². The molecule has 0 unspecified atom stereocenters. The van der Waals surface area contributed by atoms with E-state index in [0.717, 1.165) is 6.04 Å². The first-order chi connectivity index (χ1) is 11.4. The van der Waals surface area contributed by atoms with Crippen molar-refractivity contribution >= 4 is 25.2 Å². The molecule has 0 aliphatic carbocycles. The number of benzene rings is 1. The van der Waals surface area contributed by atoms with Crippen molar-refractivity contribution in [3.63, 3.8) is 0 Å². The van der Waals surface area contributed by atoms with Crippen molar-refractivity contribution in [1.29, 1.82) is 0 Å². The molecule has 0 bridgehead atoms. The number of nitrogens with zero attached hydrogens (tertiary/aromatic N) is 1. The van der Waals surface area contributed by atoms with E-state index in [0.29, 0.717) is 19.8 Å². The minimum Gasteiger partial charge on any atom is -0.465 e. The highest BCUT2D eigenvalue weighted by atomic mass is 28.3. The second-order valence-electron chi connectivity index (χ2n) is 6.32. The van der Waals surface area contributed by atoms with Crippen molar-refractivity contribution < 1.29 is 19.1 Å². The first-order valence-electron chi connectivity index (χ1n) is 8.48. The molecule has 6 heteroatoms. The van der Waals surface area contributed by atoms with Gasteiger partial charge in [-0.3, -0.25) is 14.5 Å². The third kappa shape index (κ3) is 7.27. The molecule has 0 saturated carbocycles. The number of ether oxygens (including phenoxy) is 2. The third-order valence-corrected chi connectivity index (χ3v) is 7.29. The Morgan fingerprint density at radius 3 is 1.92 bits per heavy atom. The van der Waals surface area contributed by atoms with Crippen LogP contribution in [0.15, 0.2) is 30.3 Å². The molecule has 0 spiro atoms. The Kier molecular flexibility index (Phi) is 8.71. The lowest BCUT2D eigenvalue weighted by Gasteiger charge is -2.27. The largest absolute Gasteiger partial charge is 0.465 e. The van der Waals surface area contributed by atoms with Crippen molar-refractivity contribution in [3.05, 3.63) is 30.3 Å². The molecule has 0 aromatic heterocycles. The maximum absolute atomic E-state index is 11.8. The molecular formula is C18H29NO4Si. The number of carbonyl (C=O) groups excluding carboxylic acids is 2. The predicted octanol–water partition coefficient (Wildman–Crippen LogP) is 2.03. The molecule has 0 amide bonds. The maximum Gasteiger partial charge on any atom is 0.320 e. The lowest BCUT2D eigenvalue weighted by atomic mass is 10.4. The van der Waals surface area contributed by atoms with Gasteiger partial charge in [0.15, 0.2) is 0 Å². The molecule has 0 aliphatic rings. The Morgan fingerprint density at radius 2 is 1.46 bits per heavy atom. The van der Waals surface area contributed by atoms with E-state index in [9.17, 15) is 9.59 Å². The van der Waals surface area contributed by atoms with Crippen molar-refractivity contribution in [3.8, 4) is 0 Å². The molecule has 0 atom stereocenters. The summed E-state index contributed by atoms with van der Waals surface area (Å²) >= 11 is 0. The van der Waals surface area contributed by atoms with Crippen LogP contribution in [-0.4, -0.2) is 57.8 Å². The lowest BCUT2D eigenvalue weighted by molar-refractivity contribution is -0.148. The quantitative estimate of drug-likeness (QED) is 0.477. The van der Waals surface area contributed by atoms with Crippen LogP contribution in [0, 0.1) is 0 Å². The van der Waals surface area contributed by atoms with E-state index < -0.39 is 8.07 Å². The van der Waals surface area contributed by atoms with E-state index in [1.165, 1.54) is 5.19 Å². The van der Waals surface area contributed by atoms with Crippen LogP contribution in [-0.2, 0) is 19.1 Å². The van der Waals surface area contributed by atoms with Crippen LogP contribution in [0.2, 0.25) is 19.1 Å². The Hall–Kier alpha value is -1.66. The summed E-state index contributed by atoms with van der Waals surface area (Å²) in [6.07, 6.45) is 0. The summed E-state index contributed by atoms with van der Waals surface area (Å²) in [5.74, 6) is -0.609. The topological polar surface area (TPSA) is 55.8 Å². The summed E-state index contributed by atoms with van der Waals surface area (Å²) in [6, 6.07) is 11.4. The zero-order chi connectivity index (χ0) is 18.0. The molecule has 24 heavy (non-hydrogen) atoms. The molecule has 0 N–H and O–H groups in total. The molecule has 0 fully saturated rings. The molecule has 0 saturated heterocycles. The van der Waals surface area contributed by atoms with Crippen molar-refractivity contribution in [2.45, 2.75) is 33.0 Å². The molecule has 5 nitrogen and oxygen atoms in total. The second kappa shape index (κ2) is 10.3. The van der Waals surface area contributed by atoms with Gasteiger partial charge >= 0.3 is 11.9 Å². The molecule has 1 aromatic carbocycles. The molecule has 0 aliphatic heterocycles. The number of carbonyl (C=O) groups is 2. The molecule has 0 radical (unpaired) electrons. The third-order valence-electron chi connectivity index (χ3n) is 3.92. The van der Waals surface area contributed by atoms with E-state index in [1.54, 1.807) is 13.8 Å².